The fourth-order valence-corrected chi connectivity index (χ4v) is 0.921. The third-order valence-electron chi connectivity index (χ3n) is 1.78. The van der Waals surface area contributed by atoms with Crippen LogP contribution in [0.4, 0.5) is 0 Å². The van der Waals surface area contributed by atoms with Crippen LogP contribution in [0.3, 0.4) is 0 Å². The summed E-state index contributed by atoms with van der Waals surface area (Å²) in [5.41, 5.74) is 2.34. The summed E-state index contributed by atoms with van der Waals surface area (Å²) < 4.78 is 1.86. The van der Waals surface area contributed by atoms with Gasteiger partial charge in [-0.3, -0.25) is 4.68 Å². The molecule has 1 heterocycles. The molecule has 1 aromatic heterocycles. The maximum Gasteiger partial charge on any atom is 0.0641 e. The second kappa shape index (κ2) is 3.20. The second-order valence-electron chi connectivity index (χ2n) is 2.54. The molecule has 0 N–H and O–H groups in total. The molecule has 3 heteroatoms. The predicted molar refractivity (Wildman–Crippen MR) is 41.9 cm³/mol. The van der Waals surface area contributed by atoms with E-state index in [0.29, 0.717) is 13.0 Å². The van der Waals surface area contributed by atoms with E-state index >= 15 is 0 Å². The Balaban J connectivity index is 2.72. The maximum atomic E-state index is 8.33. The van der Waals surface area contributed by atoms with Crippen molar-refractivity contribution in [1.82, 2.24) is 9.78 Å². The van der Waals surface area contributed by atoms with Crippen molar-refractivity contribution >= 4 is 0 Å². The molecule has 0 saturated carbocycles. The average molecular weight is 149 g/mol. The summed E-state index contributed by atoms with van der Waals surface area (Å²) in [7, 11) is 0. The Kier molecular flexibility index (Phi) is 2.27. The van der Waals surface area contributed by atoms with Crippen LogP contribution in [-0.2, 0) is 6.54 Å². The van der Waals surface area contributed by atoms with E-state index < -0.39 is 0 Å². The molecular formula is C8H11N3. The van der Waals surface area contributed by atoms with Gasteiger partial charge in [-0.05, 0) is 19.4 Å². The van der Waals surface area contributed by atoms with E-state index in [1.54, 1.807) is 0 Å². The zero-order valence-corrected chi connectivity index (χ0v) is 6.83. The minimum atomic E-state index is 0.530. The molecule has 0 aliphatic rings. The lowest BCUT2D eigenvalue weighted by atomic mass is 10.3. The fourth-order valence-electron chi connectivity index (χ4n) is 0.921. The van der Waals surface area contributed by atoms with Gasteiger partial charge in [0.15, 0.2) is 0 Å². The van der Waals surface area contributed by atoms with Gasteiger partial charge in [-0.15, -0.1) is 0 Å². The third kappa shape index (κ3) is 1.58. The van der Waals surface area contributed by atoms with Crippen molar-refractivity contribution in [3.05, 3.63) is 17.5 Å². The van der Waals surface area contributed by atoms with Crippen LogP contribution in [-0.4, -0.2) is 9.78 Å². The van der Waals surface area contributed by atoms with Gasteiger partial charge < -0.3 is 0 Å². The van der Waals surface area contributed by atoms with E-state index in [-0.39, 0.29) is 0 Å². The summed E-state index contributed by atoms with van der Waals surface area (Å²) in [6.07, 6.45) is 2.36. The van der Waals surface area contributed by atoms with E-state index in [0.717, 1.165) is 5.69 Å². The van der Waals surface area contributed by atoms with Crippen molar-refractivity contribution in [2.75, 3.05) is 0 Å². The van der Waals surface area contributed by atoms with Crippen LogP contribution in [0.2, 0.25) is 0 Å². The molecule has 3 nitrogen and oxygen atoms in total. The normalized spacial score (nSPS) is 9.55. The first kappa shape index (κ1) is 7.80. The molecule has 0 amide bonds. The zero-order valence-electron chi connectivity index (χ0n) is 6.83. The summed E-state index contributed by atoms with van der Waals surface area (Å²) in [5.74, 6) is 0. The molecule has 1 aromatic rings. The monoisotopic (exact) mass is 149 g/mol. The smallest absolute Gasteiger partial charge is 0.0641 e. The number of nitrogens with zero attached hydrogens (tertiary/aromatic N) is 3. The van der Waals surface area contributed by atoms with E-state index in [1.165, 1.54) is 5.56 Å². The highest BCUT2D eigenvalue weighted by Crippen LogP contribution is 2.04. The SMILES string of the molecule is Cc1cnn(CCC#N)c1C. The second-order valence-corrected chi connectivity index (χ2v) is 2.54. The van der Waals surface area contributed by atoms with Crippen LogP contribution in [0.25, 0.3) is 0 Å². The molecule has 58 valence electrons. The molecule has 0 aliphatic carbocycles. The zero-order chi connectivity index (χ0) is 8.27. The Hall–Kier alpha value is -1.30. The van der Waals surface area contributed by atoms with E-state index in [1.807, 2.05) is 24.7 Å². The number of nitriles is 1. The van der Waals surface area contributed by atoms with Gasteiger partial charge in [0, 0.05) is 5.69 Å². The highest BCUT2D eigenvalue weighted by molar-refractivity contribution is 5.13. The van der Waals surface area contributed by atoms with Gasteiger partial charge >= 0.3 is 0 Å². The van der Waals surface area contributed by atoms with Crippen molar-refractivity contribution in [3.63, 3.8) is 0 Å². The minimum Gasteiger partial charge on any atom is -0.269 e. The van der Waals surface area contributed by atoms with E-state index in [2.05, 4.69) is 11.2 Å². The predicted octanol–water partition coefficient (Wildman–Crippen LogP) is 1.41. The lowest BCUT2D eigenvalue weighted by Crippen LogP contribution is -2.01. The first-order valence-corrected chi connectivity index (χ1v) is 3.61. The highest BCUT2D eigenvalue weighted by Gasteiger charge is 1.99. The van der Waals surface area contributed by atoms with Crippen LogP contribution in [0.1, 0.15) is 17.7 Å². The molecule has 0 fully saturated rings. The van der Waals surface area contributed by atoms with E-state index in [9.17, 15) is 0 Å². The van der Waals surface area contributed by atoms with Crippen molar-refractivity contribution in [3.8, 4) is 6.07 Å². The minimum absolute atomic E-state index is 0.530. The summed E-state index contributed by atoms with van der Waals surface area (Å²) in [6, 6.07) is 2.09. The molecule has 0 bridgehead atoms. The van der Waals surface area contributed by atoms with Crippen molar-refractivity contribution in [2.24, 2.45) is 0 Å². The van der Waals surface area contributed by atoms with Gasteiger partial charge in [0.25, 0.3) is 0 Å². The summed E-state index contributed by atoms with van der Waals surface area (Å²) in [4.78, 5) is 0. The van der Waals surface area contributed by atoms with Gasteiger partial charge in [0.05, 0.1) is 25.2 Å². The number of hydrogen-bond acceptors (Lipinski definition) is 2. The summed E-state index contributed by atoms with van der Waals surface area (Å²) >= 11 is 0. The van der Waals surface area contributed by atoms with Crippen LogP contribution in [0.5, 0.6) is 0 Å². The van der Waals surface area contributed by atoms with Crippen molar-refractivity contribution < 1.29 is 0 Å². The van der Waals surface area contributed by atoms with Crippen molar-refractivity contribution in [1.29, 1.82) is 5.26 Å². The summed E-state index contributed by atoms with van der Waals surface area (Å²) in [6.45, 7) is 4.74. The van der Waals surface area contributed by atoms with Gasteiger partial charge in [0.2, 0.25) is 0 Å². The van der Waals surface area contributed by atoms with Gasteiger partial charge in [-0.25, -0.2) is 0 Å². The topological polar surface area (TPSA) is 41.6 Å². The maximum absolute atomic E-state index is 8.33. The van der Waals surface area contributed by atoms with Crippen LogP contribution < -0.4 is 0 Å². The van der Waals surface area contributed by atoms with Gasteiger partial charge in [-0.2, -0.15) is 10.4 Å². The lowest BCUT2D eigenvalue weighted by Gasteiger charge is -1.99. The molecule has 1 rings (SSSR count). The molecule has 0 aliphatic heterocycles. The largest absolute Gasteiger partial charge is 0.269 e. The molecule has 11 heavy (non-hydrogen) atoms. The van der Waals surface area contributed by atoms with Crippen LogP contribution in [0, 0.1) is 25.2 Å². The molecule has 0 saturated heterocycles. The fraction of sp³-hybridized carbons (Fsp3) is 0.500. The average Bonchev–Trinajstić information content (AvgIpc) is 2.31. The first-order valence-electron chi connectivity index (χ1n) is 3.61. The molecule has 0 spiro atoms. The number of rotatable bonds is 2. The number of hydrogen-bond donors (Lipinski definition) is 0. The third-order valence-corrected chi connectivity index (χ3v) is 1.78. The standard InChI is InChI=1S/C8H11N3/c1-7-6-10-11(8(7)2)5-3-4-9/h6H,3,5H2,1-2H3. The molecule has 0 unspecified atom stereocenters. The van der Waals surface area contributed by atoms with E-state index in [4.69, 9.17) is 5.26 Å². The highest BCUT2D eigenvalue weighted by atomic mass is 15.3. The Bertz CT molecular complexity index is 280. The Labute approximate surface area is 66.3 Å². The first-order chi connectivity index (χ1) is 5.25. The molecule has 0 radical (unpaired) electrons. The molecule has 0 atom stereocenters. The van der Waals surface area contributed by atoms with Gasteiger partial charge in [0.1, 0.15) is 0 Å². The number of aryl methyl sites for hydroxylation is 2. The Morgan fingerprint density at radius 2 is 2.36 bits per heavy atom. The Morgan fingerprint density at radius 1 is 1.64 bits per heavy atom. The molecular weight excluding hydrogens is 138 g/mol. The lowest BCUT2D eigenvalue weighted by molar-refractivity contribution is 0.609. The quantitative estimate of drug-likeness (QED) is 0.638. The number of aromatic nitrogens is 2. The van der Waals surface area contributed by atoms with Gasteiger partial charge in [-0.1, -0.05) is 0 Å². The molecule has 0 aromatic carbocycles. The Morgan fingerprint density at radius 3 is 2.82 bits per heavy atom. The summed E-state index contributed by atoms with van der Waals surface area (Å²) in [5, 5.41) is 12.5. The van der Waals surface area contributed by atoms with Crippen molar-refractivity contribution in [2.45, 2.75) is 26.8 Å². The van der Waals surface area contributed by atoms with Crippen LogP contribution in [0.15, 0.2) is 6.20 Å². The van der Waals surface area contributed by atoms with Crippen LogP contribution >= 0.6 is 0 Å².